The van der Waals surface area contributed by atoms with Crippen LogP contribution >= 0.6 is 0 Å². The zero-order chi connectivity index (χ0) is 13.6. The van der Waals surface area contributed by atoms with Gasteiger partial charge in [0.2, 0.25) is 11.7 Å². The van der Waals surface area contributed by atoms with E-state index in [0.29, 0.717) is 16.7 Å². The number of carbonyl (C=O) groups excluding carboxylic acids is 2. The average molecular weight is 258 g/mol. The highest BCUT2D eigenvalue weighted by atomic mass is 16.3. The van der Waals surface area contributed by atoms with Gasteiger partial charge in [-0.15, -0.1) is 0 Å². The maximum absolute atomic E-state index is 11.9. The summed E-state index contributed by atoms with van der Waals surface area (Å²) in [6, 6.07) is 5.53. The molecule has 0 aliphatic heterocycles. The van der Waals surface area contributed by atoms with Crippen molar-refractivity contribution < 1.29 is 14.0 Å². The molecule has 2 aromatic rings. The predicted molar refractivity (Wildman–Crippen MR) is 70.8 cm³/mol. The van der Waals surface area contributed by atoms with E-state index in [1.54, 1.807) is 0 Å². The maximum Gasteiger partial charge on any atom is 0.286 e. The fourth-order valence-electron chi connectivity index (χ4n) is 2.07. The van der Waals surface area contributed by atoms with Gasteiger partial charge in [-0.05, 0) is 37.5 Å². The zero-order valence-corrected chi connectivity index (χ0v) is 10.5. The average Bonchev–Trinajstić information content (AvgIpc) is 3.13. The number of rotatable bonds is 3. The van der Waals surface area contributed by atoms with E-state index in [4.69, 9.17) is 10.2 Å². The molecule has 5 nitrogen and oxygen atoms in total. The highest BCUT2D eigenvalue weighted by molar-refractivity contribution is 6.11. The SMILES string of the molecule is Cc1ccc2c(NC(=O)C3CC3)c(C(N)=O)oc2c1. The number of hydrogen-bond donors (Lipinski definition) is 2. The van der Waals surface area contributed by atoms with E-state index in [-0.39, 0.29) is 17.6 Å². The van der Waals surface area contributed by atoms with Crippen LogP contribution in [0.3, 0.4) is 0 Å². The van der Waals surface area contributed by atoms with Crippen LogP contribution in [0, 0.1) is 12.8 Å². The third-order valence-electron chi connectivity index (χ3n) is 3.27. The van der Waals surface area contributed by atoms with E-state index in [1.165, 1.54) is 0 Å². The number of carbonyl (C=O) groups is 2. The molecule has 1 aliphatic carbocycles. The molecule has 0 unspecified atom stereocenters. The van der Waals surface area contributed by atoms with Gasteiger partial charge in [-0.1, -0.05) is 6.07 Å². The molecule has 1 aromatic carbocycles. The first-order chi connectivity index (χ1) is 9.06. The van der Waals surface area contributed by atoms with Crippen molar-refractivity contribution in [3.8, 4) is 0 Å². The fourth-order valence-corrected chi connectivity index (χ4v) is 2.07. The Morgan fingerprint density at radius 3 is 2.74 bits per heavy atom. The molecule has 0 spiro atoms. The summed E-state index contributed by atoms with van der Waals surface area (Å²) in [6.45, 7) is 1.92. The molecule has 1 fully saturated rings. The van der Waals surface area contributed by atoms with Crippen LogP contribution in [0.4, 0.5) is 5.69 Å². The van der Waals surface area contributed by atoms with E-state index in [0.717, 1.165) is 18.4 Å². The summed E-state index contributed by atoms with van der Waals surface area (Å²) in [5.74, 6) is -0.698. The predicted octanol–water partition coefficient (Wildman–Crippen LogP) is 2.19. The molecular formula is C14H14N2O3. The number of benzene rings is 1. The lowest BCUT2D eigenvalue weighted by molar-refractivity contribution is -0.117. The van der Waals surface area contributed by atoms with Crippen molar-refractivity contribution in [2.45, 2.75) is 19.8 Å². The van der Waals surface area contributed by atoms with Gasteiger partial charge in [0.1, 0.15) is 11.3 Å². The molecule has 0 saturated heterocycles. The summed E-state index contributed by atoms with van der Waals surface area (Å²) >= 11 is 0. The number of primary amides is 1. The Bertz CT molecular complexity index is 683. The molecule has 0 atom stereocenters. The molecule has 0 bridgehead atoms. The summed E-state index contributed by atoms with van der Waals surface area (Å²) in [5.41, 5.74) is 7.26. The van der Waals surface area contributed by atoms with E-state index in [9.17, 15) is 9.59 Å². The smallest absolute Gasteiger partial charge is 0.286 e. The van der Waals surface area contributed by atoms with Crippen LogP contribution in [0.15, 0.2) is 22.6 Å². The monoisotopic (exact) mass is 258 g/mol. The van der Waals surface area contributed by atoms with E-state index < -0.39 is 5.91 Å². The van der Waals surface area contributed by atoms with Crippen LogP contribution in [0.2, 0.25) is 0 Å². The Kier molecular flexibility index (Phi) is 2.55. The first-order valence-corrected chi connectivity index (χ1v) is 6.20. The third-order valence-corrected chi connectivity index (χ3v) is 3.27. The Morgan fingerprint density at radius 1 is 1.37 bits per heavy atom. The van der Waals surface area contributed by atoms with Crippen LogP contribution in [0.1, 0.15) is 29.0 Å². The van der Waals surface area contributed by atoms with Crippen molar-refractivity contribution >= 4 is 28.5 Å². The Labute approximate surface area is 109 Å². The Balaban J connectivity index is 2.10. The summed E-state index contributed by atoms with van der Waals surface area (Å²) in [6.07, 6.45) is 1.79. The zero-order valence-electron chi connectivity index (χ0n) is 10.5. The van der Waals surface area contributed by atoms with Gasteiger partial charge in [0, 0.05) is 11.3 Å². The molecule has 5 heteroatoms. The minimum Gasteiger partial charge on any atom is -0.449 e. The Morgan fingerprint density at radius 2 is 2.11 bits per heavy atom. The van der Waals surface area contributed by atoms with Gasteiger partial charge in [-0.25, -0.2) is 0 Å². The Hall–Kier alpha value is -2.30. The van der Waals surface area contributed by atoms with Crippen molar-refractivity contribution in [3.05, 3.63) is 29.5 Å². The summed E-state index contributed by atoms with van der Waals surface area (Å²) in [5, 5.41) is 3.46. The largest absolute Gasteiger partial charge is 0.449 e. The first kappa shape index (κ1) is 11.8. The minimum absolute atomic E-state index is 0.00889. The van der Waals surface area contributed by atoms with Gasteiger partial charge in [0.25, 0.3) is 5.91 Å². The topological polar surface area (TPSA) is 85.3 Å². The molecule has 3 N–H and O–H groups in total. The number of fused-ring (bicyclic) bond motifs is 1. The van der Waals surface area contributed by atoms with Crippen LogP contribution in [0.25, 0.3) is 11.0 Å². The number of nitrogens with two attached hydrogens (primary N) is 1. The lowest BCUT2D eigenvalue weighted by Crippen LogP contribution is -2.17. The van der Waals surface area contributed by atoms with Crippen LogP contribution in [0.5, 0.6) is 0 Å². The minimum atomic E-state index is -0.681. The van der Waals surface area contributed by atoms with Crippen molar-refractivity contribution in [2.24, 2.45) is 11.7 Å². The fraction of sp³-hybridized carbons (Fsp3) is 0.286. The lowest BCUT2D eigenvalue weighted by atomic mass is 10.1. The lowest BCUT2D eigenvalue weighted by Gasteiger charge is -2.03. The molecule has 98 valence electrons. The molecule has 3 rings (SSSR count). The molecule has 1 aliphatic rings. The van der Waals surface area contributed by atoms with E-state index >= 15 is 0 Å². The van der Waals surface area contributed by atoms with Gasteiger partial charge in [-0.3, -0.25) is 9.59 Å². The van der Waals surface area contributed by atoms with Crippen LogP contribution in [-0.4, -0.2) is 11.8 Å². The first-order valence-electron chi connectivity index (χ1n) is 6.20. The maximum atomic E-state index is 11.9. The van der Waals surface area contributed by atoms with Crippen molar-refractivity contribution in [1.82, 2.24) is 0 Å². The van der Waals surface area contributed by atoms with Crippen molar-refractivity contribution in [3.63, 3.8) is 0 Å². The summed E-state index contributed by atoms with van der Waals surface area (Å²) in [4.78, 5) is 23.3. The second kappa shape index (κ2) is 4.12. The number of furan rings is 1. The molecule has 1 heterocycles. The molecule has 2 amide bonds. The van der Waals surface area contributed by atoms with E-state index in [1.807, 2.05) is 25.1 Å². The standard InChI is InChI=1S/C14H14N2O3/c1-7-2-5-9-10(6-7)19-12(13(15)17)11(9)16-14(18)8-3-4-8/h2,5-6,8H,3-4H2,1H3,(H2,15,17)(H,16,18). The van der Waals surface area contributed by atoms with Gasteiger partial charge in [0.15, 0.2) is 0 Å². The summed E-state index contributed by atoms with van der Waals surface area (Å²) in [7, 11) is 0. The van der Waals surface area contributed by atoms with Crippen molar-refractivity contribution in [2.75, 3.05) is 5.32 Å². The number of amides is 2. The second-order valence-electron chi connectivity index (χ2n) is 4.93. The van der Waals surface area contributed by atoms with Gasteiger partial charge in [0.05, 0.1) is 0 Å². The number of nitrogens with one attached hydrogen (secondary N) is 1. The summed E-state index contributed by atoms with van der Waals surface area (Å²) < 4.78 is 5.45. The molecule has 19 heavy (non-hydrogen) atoms. The van der Waals surface area contributed by atoms with Crippen LogP contribution in [-0.2, 0) is 4.79 Å². The second-order valence-corrected chi connectivity index (χ2v) is 4.93. The third kappa shape index (κ3) is 2.07. The molecule has 1 saturated carbocycles. The number of hydrogen-bond acceptors (Lipinski definition) is 3. The van der Waals surface area contributed by atoms with Crippen molar-refractivity contribution in [1.29, 1.82) is 0 Å². The quantitative estimate of drug-likeness (QED) is 0.884. The highest BCUT2D eigenvalue weighted by Gasteiger charge is 2.31. The molecule has 1 aromatic heterocycles. The van der Waals surface area contributed by atoms with Crippen LogP contribution < -0.4 is 11.1 Å². The molecule has 0 radical (unpaired) electrons. The molecular weight excluding hydrogens is 244 g/mol. The number of aryl methyl sites for hydroxylation is 1. The normalized spacial score (nSPS) is 14.6. The number of anilines is 1. The highest BCUT2D eigenvalue weighted by Crippen LogP contribution is 2.35. The van der Waals surface area contributed by atoms with E-state index in [2.05, 4.69) is 5.32 Å². The van der Waals surface area contributed by atoms with Gasteiger partial charge in [-0.2, -0.15) is 0 Å². The van der Waals surface area contributed by atoms with Gasteiger partial charge >= 0.3 is 0 Å². The van der Waals surface area contributed by atoms with Gasteiger partial charge < -0.3 is 15.5 Å².